The van der Waals surface area contributed by atoms with Crippen molar-refractivity contribution in [3.05, 3.63) is 0 Å². The van der Waals surface area contributed by atoms with Gasteiger partial charge in [0.25, 0.3) is 5.97 Å². The molecule has 13 heavy (non-hydrogen) atoms. The first-order valence-electron chi connectivity index (χ1n) is 4.71. The van der Waals surface area contributed by atoms with Gasteiger partial charge in [0, 0.05) is 18.4 Å². The maximum absolute atomic E-state index is 8.70. The molecule has 4 heteroatoms. The van der Waals surface area contributed by atoms with E-state index in [1.165, 1.54) is 0 Å². The highest BCUT2D eigenvalue weighted by Crippen LogP contribution is 2.39. The maximum Gasteiger partial charge on any atom is 0.283 e. The molecule has 3 aliphatic rings. The van der Waals surface area contributed by atoms with Gasteiger partial charge in [0.15, 0.2) is 0 Å². The van der Waals surface area contributed by atoms with Crippen LogP contribution in [-0.4, -0.2) is 37.5 Å². The predicted molar refractivity (Wildman–Crippen MR) is 45.0 cm³/mol. The summed E-state index contributed by atoms with van der Waals surface area (Å²) in [4.78, 5) is 0. The average Bonchev–Trinajstić information content (AvgIpc) is 2.18. The molecule has 76 valence electrons. The molecule has 0 aliphatic carbocycles. The number of aliphatic hydroxyl groups is 1. The Kier molecular flexibility index (Phi) is 2.32. The summed E-state index contributed by atoms with van der Waals surface area (Å²) in [6.07, 6.45) is 1.26. The fourth-order valence-corrected chi connectivity index (χ4v) is 1.61. The van der Waals surface area contributed by atoms with E-state index in [9.17, 15) is 0 Å². The minimum atomic E-state index is -0.847. The molecular formula is C9H16O4. The smallest absolute Gasteiger partial charge is 0.283 e. The molecule has 0 aromatic rings. The van der Waals surface area contributed by atoms with Crippen LogP contribution >= 0.6 is 0 Å². The van der Waals surface area contributed by atoms with Crippen molar-refractivity contribution in [2.24, 2.45) is 5.41 Å². The van der Waals surface area contributed by atoms with E-state index >= 15 is 0 Å². The number of aliphatic hydroxyl groups excluding tert-OH is 1. The molecule has 0 saturated carbocycles. The molecule has 0 aromatic carbocycles. The maximum atomic E-state index is 8.70. The second-order valence-electron chi connectivity index (χ2n) is 4.19. The van der Waals surface area contributed by atoms with Crippen molar-refractivity contribution in [2.75, 3.05) is 26.4 Å². The van der Waals surface area contributed by atoms with Crippen LogP contribution < -0.4 is 0 Å². The van der Waals surface area contributed by atoms with E-state index in [2.05, 4.69) is 6.92 Å². The average molecular weight is 188 g/mol. The summed E-state index contributed by atoms with van der Waals surface area (Å²) in [7, 11) is 0. The molecule has 0 unspecified atom stereocenters. The minimum Gasteiger partial charge on any atom is -0.396 e. The van der Waals surface area contributed by atoms with Crippen molar-refractivity contribution in [3.8, 4) is 0 Å². The lowest BCUT2D eigenvalue weighted by molar-refractivity contribution is -0.467. The molecule has 0 atom stereocenters. The Morgan fingerprint density at radius 2 is 1.69 bits per heavy atom. The van der Waals surface area contributed by atoms with Crippen LogP contribution in [0.15, 0.2) is 0 Å². The van der Waals surface area contributed by atoms with Gasteiger partial charge in [0.1, 0.15) is 0 Å². The topological polar surface area (TPSA) is 47.9 Å². The van der Waals surface area contributed by atoms with Crippen LogP contribution in [0, 0.1) is 5.41 Å². The summed E-state index contributed by atoms with van der Waals surface area (Å²) < 4.78 is 16.5. The number of ether oxygens (including phenoxy) is 3. The lowest BCUT2D eigenvalue weighted by Gasteiger charge is -2.50. The number of hydrogen-bond donors (Lipinski definition) is 1. The van der Waals surface area contributed by atoms with Crippen molar-refractivity contribution >= 4 is 0 Å². The molecule has 3 fully saturated rings. The zero-order valence-corrected chi connectivity index (χ0v) is 7.91. The molecule has 4 nitrogen and oxygen atoms in total. The van der Waals surface area contributed by atoms with Gasteiger partial charge in [-0.15, -0.1) is 0 Å². The van der Waals surface area contributed by atoms with Crippen LogP contribution in [-0.2, 0) is 14.2 Å². The van der Waals surface area contributed by atoms with Crippen LogP contribution in [0.2, 0.25) is 0 Å². The van der Waals surface area contributed by atoms with Gasteiger partial charge in [-0.2, -0.15) is 0 Å². The van der Waals surface area contributed by atoms with Crippen LogP contribution in [0.4, 0.5) is 0 Å². The minimum absolute atomic E-state index is 0.0287. The first-order valence-corrected chi connectivity index (χ1v) is 4.71. The van der Waals surface area contributed by atoms with Crippen molar-refractivity contribution in [1.29, 1.82) is 0 Å². The Hall–Kier alpha value is -0.160. The monoisotopic (exact) mass is 188 g/mol. The highest BCUT2D eigenvalue weighted by Gasteiger charge is 2.49. The molecule has 3 heterocycles. The van der Waals surface area contributed by atoms with Gasteiger partial charge in [0.05, 0.1) is 19.8 Å². The van der Waals surface area contributed by atoms with Gasteiger partial charge in [-0.3, -0.25) is 0 Å². The summed E-state index contributed by atoms with van der Waals surface area (Å²) in [5.74, 6) is -0.847. The lowest BCUT2D eigenvalue weighted by atomic mass is 9.91. The largest absolute Gasteiger partial charge is 0.396 e. The fraction of sp³-hybridized carbons (Fsp3) is 1.00. The molecule has 0 spiro atoms. The van der Waals surface area contributed by atoms with Crippen molar-refractivity contribution in [2.45, 2.75) is 25.7 Å². The third-order valence-electron chi connectivity index (χ3n) is 2.56. The molecule has 0 radical (unpaired) electrons. The highest BCUT2D eigenvalue weighted by atomic mass is 16.9. The Balaban J connectivity index is 1.95. The summed E-state index contributed by atoms with van der Waals surface area (Å²) in [6.45, 7) is 4.31. The van der Waals surface area contributed by atoms with E-state index in [0.717, 1.165) is 0 Å². The van der Waals surface area contributed by atoms with Gasteiger partial charge in [-0.25, -0.2) is 0 Å². The van der Waals surface area contributed by atoms with Gasteiger partial charge in [0.2, 0.25) is 0 Å². The number of fused-ring (bicyclic) bond motifs is 3. The third kappa shape index (κ3) is 1.72. The summed E-state index contributed by atoms with van der Waals surface area (Å²) in [6, 6.07) is 0. The second kappa shape index (κ2) is 3.20. The van der Waals surface area contributed by atoms with E-state index in [4.69, 9.17) is 19.3 Å². The van der Waals surface area contributed by atoms with E-state index in [1.54, 1.807) is 0 Å². The second-order valence-corrected chi connectivity index (χ2v) is 4.19. The third-order valence-corrected chi connectivity index (χ3v) is 2.56. The Bertz CT molecular complexity index is 162. The molecule has 3 saturated heterocycles. The summed E-state index contributed by atoms with van der Waals surface area (Å²) in [5, 5.41) is 8.70. The molecular weight excluding hydrogens is 172 g/mol. The normalized spacial score (nSPS) is 43.8. The highest BCUT2D eigenvalue weighted by molar-refractivity contribution is 4.84. The molecule has 1 N–H and O–H groups in total. The zero-order chi connectivity index (χ0) is 9.36. The van der Waals surface area contributed by atoms with Crippen LogP contribution in [0.25, 0.3) is 0 Å². The molecule has 2 bridgehead atoms. The Labute approximate surface area is 77.8 Å². The standard InChI is InChI=1S/C9H16O4/c1-8-5-11-9(12-6-8,13-7-8)3-2-4-10/h10H,2-7H2,1H3. The Morgan fingerprint density at radius 3 is 2.15 bits per heavy atom. The first kappa shape index (κ1) is 9.40. The number of hydrogen-bond acceptors (Lipinski definition) is 4. The fourth-order valence-electron chi connectivity index (χ4n) is 1.61. The van der Waals surface area contributed by atoms with E-state index in [1.807, 2.05) is 0 Å². The molecule has 3 aliphatic heterocycles. The molecule has 3 rings (SSSR count). The van der Waals surface area contributed by atoms with Gasteiger partial charge in [-0.05, 0) is 6.42 Å². The Morgan fingerprint density at radius 1 is 1.15 bits per heavy atom. The van der Waals surface area contributed by atoms with Crippen molar-refractivity contribution < 1.29 is 19.3 Å². The molecule has 0 aromatic heterocycles. The van der Waals surface area contributed by atoms with Crippen molar-refractivity contribution in [3.63, 3.8) is 0 Å². The van der Waals surface area contributed by atoms with E-state index in [0.29, 0.717) is 32.7 Å². The predicted octanol–water partition coefficient (Wildman–Crippen LogP) is 0.496. The first-order chi connectivity index (χ1) is 6.18. The van der Waals surface area contributed by atoms with E-state index < -0.39 is 5.97 Å². The summed E-state index contributed by atoms with van der Waals surface area (Å²) in [5.41, 5.74) is 0.0287. The number of rotatable bonds is 3. The SMILES string of the molecule is CC12COC(CCCO)(OC1)OC2. The van der Waals surface area contributed by atoms with Crippen LogP contribution in [0.3, 0.4) is 0 Å². The van der Waals surface area contributed by atoms with Gasteiger partial charge >= 0.3 is 0 Å². The van der Waals surface area contributed by atoms with E-state index in [-0.39, 0.29) is 12.0 Å². The molecule has 0 amide bonds. The zero-order valence-electron chi connectivity index (χ0n) is 7.91. The van der Waals surface area contributed by atoms with Gasteiger partial charge in [-0.1, -0.05) is 6.92 Å². The quantitative estimate of drug-likeness (QED) is 0.700. The van der Waals surface area contributed by atoms with Crippen LogP contribution in [0.5, 0.6) is 0 Å². The van der Waals surface area contributed by atoms with Crippen molar-refractivity contribution in [1.82, 2.24) is 0 Å². The summed E-state index contributed by atoms with van der Waals surface area (Å²) >= 11 is 0. The van der Waals surface area contributed by atoms with Gasteiger partial charge < -0.3 is 19.3 Å². The van der Waals surface area contributed by atoms with Crippen LogP contribution in [0.1, 0.15) is 19.8 Å². The lowest BCUT2D eigenvalue weighted by Crippen LogP contribution is -2.58.